The molecule has 4 rings (SSSR count). The van der Waals surface area contributed by atoms with Gasteiger partial charge in [-0.05, 0) is 18.2 Å². The van der Waals surface area contributed by atoms with Crippen LogP contribution in [0.4, 0.5) is 28.0 Å². The van der Waals surface area contributed by atoms with Crippen molar-refractivity contribution in [2.75, 3.05) is 37.6 Å². The maximum absolute atomic E-state index is 14.0. The van der Waals surface area contributed by atoms with Gasteiger partial charge in [-0.3, -0.25) is 9.69 Å². The number of nitrogens with zero attached hydrogens (tertiary/aromatic N) is 4. The quantitative estimate of drug-likeness (QED) is 0.654. The summed E-state index contributed by atoms with van der Waals surface area (Å²) < 4.78 is 58.0. The highest BCUT2D eigenvalue weighted by atomic mass is 19.4. The number of para-hydroxylation sites is 1. The van der Waals surface area contributed by atoms with Crippen LogP contribution in [0.2, 0.25) is 0 Å². The Hall–Kier alpha value is -3.37. The van der Waals surface area contributed by atoms with Crippen molar-refractivity contribution < 1.29 is 31.9 Å². The highest BCUT2D eigenvalue weighted by molar-refractivity contribution is 5.96. The summed E-state index contributed by atoms with van der Waals surface area (Å²) in [6.45, 7) is 0.899. The number of hydrogen-bond acceptors (Lipinski definition) is 4. The molecule has 170 valence electrons. The van der Waals surface area contributed by atoms with Crippen molar-refractivity contribution in [1.82, 2.24) is 14.8 Å². The van der Waals surface area contributed by atoms with Crippen LogP contribution < -0.4 is 9.64 Å². The number of benzene rings is 1. The summed E-state index contributed by atoms with van der Waals surface area (Å²) >= 11 is 0. The molecule has 11 heteroatoms. The predicted octanol–water partition coefficient (Wildman–Crippen LogP) is 3.16. The van der Waals surface area contributed by atoms with E-state index in [1.165, 1.54) is 32.9 Å². The Bertz CT molecular complexity index is 1020. The third kappa shape index (κ3) is 4.61. The number of carbonyl (C=O) groups excluding carboxylic acids is 2. The number of hydrogen-bond donors (Lipinski definition) is 0. The van der Waals surface area contributed by atoms with Crippen LogP contribution in [0.15, 0.2) is 42.6 Å². The van der Waals surface area contributed by atoms with E-state index in [2.05, 4.69) is 4.98 Å². The fraction of sp³-hybridized carbons (Fsp3) is 0.381. The summed E-state index contributed by atoms with van der Waals surface area (Å²) in [4.78, 5) is 33.2. The van der Waals surface area contributed by atoms with Crippen molar-refractivity contribution in [2.24, 2.45) is 0 Å². The van der Waals surface area contributed by atoms with Gasteiger partial charge in [-0.2, -0.15) is 13.2 Å². The number of likely N-dealkylation sites (tertiary alicyclic amines) is 1. The molecular formula is C21H20F4N4O3. The first kappa shape index (κ1) is 21.8. The maximum atomic E-state index is 14.0. The summed E-state index contributed by atoms with van der Waals surface area (Å²) in [7, 11) is 0. The molecule has 1 aromatic carbocycles. The predicted molar refractivity (Wildman–Crippen MR) is 106 cm³/mol. The van der Waals surface area contributed by atoms with Gasteiger partial charge in [0.05, 0.1) is 17.8 Å². The summed E-state index contributed by atoms with van der Waals surface area (Å²) in [5.41, 5.74) is -0.698. The van der Waals surface area contributed by atoms with E-state index in [1.807, 2.05) is 0 Å². The standard InChI is InChI=1S/C21H20F4N4O3/c22-16-3-1-2-4-17(16)29-10-9-28(20(29)31)13-19(30)27-8-6-15(12-27)32-18-11-14(5-7-26-18)21(23,24)25/h1-5,7,11,15H,6,8-10,12-13H2. The molecule has 32 heavy (non-hydrogen) atoms. The van der Waals surface area contributed by atoms with E-state index in [-0.39, 0.29) is 43.7 Å². The van der Waals surface area contributed by atoms with E-state index < -0.39 is 29.7 Å². The van der Waals surface area contributed by atoms with E-state index >= 15 is 0 Å². The molecule has 2 fully saturated rings. The number of halogens is 4. The fourth-order valence-electron chi connectivity index (χ4n) is 3.76. The monoisotopic (exact) mass is 452 g/mol. The molecular weight excluding hydrogens is 432 g/mol. The van der Waals surface area contributed by atoms with Crippen molar-refractivity contribution in [3.8, 4) is 5.88 Å². The third-order valence-corrected chi connectivity index (χ3v) is 5.41. The normalized spacial score (nSPS) is 19.1. The van der Waals surface area contributed by atoms with Crippen LogP contribution in [0.25, 0.3) is 0 Å². The van der Waals surface area contributed by atoms with E-state index in [4.69, 9.17) is 4.74 Å². The molecule has 0 saturated carbocycles. The molecule has 0 spiro atoms. The number of aromatic nitrogens is 1. The van der Waals surface area contributed by atoms with E-state index in [0.29, 0.717) is 13.0 Å². The van der Waals surface area contributed by atoms with Crippen molar-refractivity contribution in [2.45, 2.75) is 18.7 Å². The number of alkyl halides is 3. The van der Waals surface area contributed by atoms with Crippen LogP contribution in [0.5, 0.6) is 5.88 Å². The van der Waals surface area contributed by atoms with Crippen molar-refractivity contribution in [3.05, 3.63) is 54.0 Å². The average Bonchev–Trinajstić information content (AvgIpc) is 3.35. The van der Waals surface area contributed by atoms with Crippen molar-refractivity contribution in [1.29, 1.82) is 0 Å². The Morgan fingerprint density at radius 3 is 2.69 bits per heavy atom. The first-order chi connectivity index (χ1) is 15.2. The van der Waals surface area contributed by atoms with Crippen LogP contribution in [0.1, 0.15) is 12.0 Å². The van der Waals surface area contributed by atoms with Gasteiger partial charge in [0, 0.05) is 38.3 Å². The van der Waals surface area contributed by atoms with Crippen molar-refractivity contribution in [3.63, 3.8) is 0 Å². The van der Waals surface area contributed by atoms with Crippen LogP contribution in [0.3, 0.4) is 0 Å². The summed E-state index contributed by atoms with van der Waals surface area (Å²) in [5.74, 6) is -0.983. The molecule has 3 amide bonds. The minimum Gasteiger partial charge on any atom is -0.472 e. The smallest absolute Gasteiger partial charge is 0.416 e. The van der Waals surface area contributed by atoms with Gasteiger partial charge in [-0.1, -0.05) is 12.1 Å². The third-order valence-electron chi connectivity index (χ3n) is 5.41. The van der Waals surface area contributed by atoms with Crippen LogP contribution in [-0.4, -0.2) is 65.5 Å². The van der Waals surface area contributed by atoms with E-state index in [0.717, 1.165) is 18.3 Å². The van der Waals surface area contributed by atoms with Crippen LogP contribution in [0, 0.1) is 5.82 Å². The summed E-state index contributed by atoms with van der Waals surface area (Å²) in [6, 6.07) is 7.15. The molecule has 0 radical (unpaired) electrons. The van der Waals surface area contributed by atoms with Gasteiger partial charge in [0.25, 0.3) is 0 Å². The topological polar surface area (TPSA) is 66.0 Å². The number of carbonyl (C=O) groups is 2. The highest BCUT2D eigenvalue weighted by Crippen LogP contribution is 2.31. The van der Waals surface area contributed by atoms with Gasteiger partial charge in [-0.15, -0.1) is 0 Å². The SMILES string of the molecule is O=C(CN1CCN(c2ccccc2F)C1=O)N1CCC(Oc2cc(C(F)(F)F)ccn2)C1. The van der Waals surface area contributed by atoms with Gasteiger partial charge in [0.15, 0.2) is 0 Å². The highest BCUT2D eigenvalue weighted by Gasteiger charge is 2.35. The number of ether oxygens (including phenoxy) is 1. The average molecular weight is 452 g/mol. The molecule has 7 nitrogen and oxygen atoms in total. The molecule has 2 aliphatic heterocycles. The number of rotatable bonds is 5. The molecule has 2 aromatic rings. The molecule has 2 aliphatic rings. The molecule has 2 saturated heterocycles. The lowest BCUT2D eigenvalue weighted by atomic mass is 10.2. The number of anilines is 1. The van der Waals surface area contributed by atoms with Crippen LogP contribution in [-0.2, 0) is 11.0 Å². The van der Waals surface area contributed by atoms with Gasteiger partial charge in [0.2, 0.25) is 11.8 Å². The molecule has 1 aromatic heterocycles. The minimum atomic E-state index is -4.50. The first-order valence-electron chi connectivity index (χ1n) is 10.0. The van der Waals surface area contributed by atoms with E-state index in [1.54, 1.807) is 6.07 Å². The Balaban J connectivity index is 1.32. The molecule has 0 aliphatic carbocycles. The minimum absolute atomic E-state index is 0.158. The Morgan fingerprint density at radius 2 is 1.94 bits per heavy atom. The molecule has 1 atom stereocenters. The second-order valence-electron chi connectivity index (χ2n) is 7.56. The lowest BCUT2D eigenvalue weighted by molar-refractivity contribution is -0.137. The Kier molecular flexibility index (Phi) is 5.90. The molecule has 0 N–H and O–H groups in total. The largest absolute Gasteiger partial charge is 0.472 e. The van der Waals surface area contributed by atoms with Gasteiger partial charge in [-0.25, -0.2) is 14.2 Å². The summed E-state index contributed by atoms with van der Waals surface area (Å²) in [6.07, 6.45) is -3.55. The van der Waals surface area contributed by atoms with Crippen LogP contribution >= 0.6 is 0 Å². The maximum Gasteiger partial charge on any atom is 0.416 e. The number of pyridine rings is 1. The second-order valence-corrected chi connectivity index (χ2v) is 7.56. The zero-order valence-corrected chi connectivity index (χ0v) is 16.9. The fourth-order valence-corrected chi connectivity index (χ4v) is 3.76. The summed E-state index contributed by atoms with van der Waals surface area (Å²) in [5, 5.41) is 0. The van der Waals surface area contributed by atoms with Gasteiger partial charge < -0.3 is 14.5 Å². The molecule has 1 unspecified atom stereocenters. The van der Waals surface area contributed by atoms with Crippen molar-refractivity contribution >= 4 is 17.6 Å². The zero-order valence-electron chi connectivity index (χ0n) is 16.9. The van der Waals surface area contributed by atoms with E-state index in [9.17, 15) is 27.2 Å². The van der Waals surface area contributed by atoms with Gasteiger partial charge >= 0.3 is 12.2 Å². The number of urea groups is 1. The second kappa shape index (κ2) is 8.64. The first-order valence-corrected chi connectivity index (χ1v) is 10.0. The van der Waals surface area contributed by atoms with Gasteiger partial charge in [0.1, 0.15) is 18.5 Å². The lowest BCUT2D eigenvalue weighted by Gasteiger charge is -2.22. The zero-order chi connectivity index (χ0) is 22.9. The lowest BCUT2D eigenvalue weighted by Crippen LogP contribution is -2.42. The number of amides is 3. The Morgan fingerprint density at radius 1 is 1.16 bits per heavy atom. The molecule has 0 bridgehead atoms. The Labute approximate surface area is 181 Å². The molecule has 3 heterocycles.